The highest BCUT2D eigenvalue weighted by atomic mass is 32.2. The molecule has 1 atom stereocenters. The third kappa shape index (κ3) is 5.24. The van der Waals surface area contributed by atoms with Gasteiger partial charge in [-0.15, -0.1) is 0 Å². The molecular formula is C13H20N2OS. The molecule has 0 aliphatic heterocycles. The number of carbonyl (C=O) groups is 1. The maximum absolute atomic E-state index is 11.9. The van der Waals surface area contributed by atoms with E-state index < -0.39 is 0 Å². The Balaban J connectivity index is 2.33. The Morgan fingerprint density at radius 2 is 2.06 bits per heavy atom. The monoisotopic (exact) mass is 252 g/mol. The van der Waals surface area contributed by atoms with Crippen molar-refractivity contribution < 1.29 is 4.79 Å². The number of thioether (sulfide) groups is 1. The summed E-state index contributed by atoms with van der Waals surface area (Å²) in [4.78, 5) is 13.6. The summed E-state index contributed by atoms with van der Waals surface area (Å²) >= 11 is 1.64. The van der Waals surface area contributed by atoms with E-state index in [1.165, 1.54) is 0 Å². The van der Waals surface area contributed by atoms with Gasteiger partial charge in [-0.2, -0.15) is 11.8 Å². The van der Waals surface area contributed by atoms with Gasteiger partial charge in [0.25, 0.3) is 0 Å². The average Bonchev–Trinajstić information content (AvgIpc) is 2.34. The summed E-state index contributed by atoms with van der Waals surface area (Å²) in [7, 11) is 1.81. The molecule has 0 saturated heterocycles. The third-order valence-corrected chi connectivity index (χ3v) is 3.44. The van der Waals surface area contributed by atoms with Gasteiger partial charge in [0, 0.05) is 18.8 Å². The number of anilines is 1. The molecular weight excluding hydrogens is 232 g/mol. The predicted molar refractivity (Wildman–Crippen MR) is 75.4 cm³/mol. The molecule has 0 bridgehead atoms. The molecule has 1 aromatic rings. The van der Waals surface area contributed by atoms with E-state index in [-0.39, 0.29) is 11.9 Å². The number of carbonyl (C=O) groups excluding carboxylic acids is 1. The van der Waals surface area contributed by atoms with Crippen LogP contribution >= 0.6 is 11.8 Å². The van der Waals surface area contributed by atoms with Gasteiger partial charge in [0.2, 0.25) is 5.91 Å². The minimum atomic E-state index is 0.130. The Labute approximate surface area is 107 Å². The lowest BCUT2D eigenvalue weighted by Gasteiger charge is -2.17. The first-order valence-corrected chi connectivity index (χ1v) is 6.91. The van der Waals surface area contributed by atoms with Crippen molar-refractivity contribution in [3.63, 3.8) is 0 Å². The predicted octanol–water partition coefficient (Wildman–Crippen LogP) is 2.12. The number of rotatable bonds is 6. The van der Waals surface area contributed by atoms with Crippen molar-refractivity contribution in [2.45, 2.75) is 19.4 Å². The minimum absolute atomic E-state index is 0.130. The Kier molecular flexibility index (Phi) is 6.08. The van der Waals surface area contributed by atoms with Crippen molar-refractivity contribution >= 4 is 23.4 Å². The van der Waals surface area contributed by atoms with Crippen LogP contribution in [0.5, 0.6) is 0 Å². The maximum atomic E-state index is 11.9. The zero-order chi connectivity index (χ0) is 12.7. The Morgan fingerprint density at radius 3 is 2.65 bits per heavy atom. The van der Waals surface area contributed by atoms with E-state index in [0.29, 0.717) is 5.75 Å². The van der Waals surface area contributed by atoms with E-state index in [0.717, 1.165) is 17.9 Å². The van der Waals surface area contributed by atoms with Crippen LogP contribution in [0.25, 0.3) is 0 Å². The fraction of sp³-hybridized carbons (Fsp3) is 0.462. The highest BCUT2D eigenvalue weighted by Crippen LogP contribution is 2.13. The highest BCUT2D eigenvalue weighted by Gasteiger charge is 2.10. The fourth-order valence-electron chi connectivity index (χ4n) is 1.32. The van der Waals surface area contributed by atoms with Crippen LogP contribution in [0.15, 0.2) is 30.3 Å². The number of amides is 1. The summed E-state index contributed by atoms with van der Waals surface area (Å²) in [5.74, 6) is 1.58. The summed E-state index contributed by atoms with van der Waals surface area (Å²) in [6, 6.07) is 9.89. The Hall–Kier alpha value is -1.00. The van der Waals surface area contributed by atoms with Crippen molar-refractivity contribution in [1.82, 2.24) is 0 Å². The number of hydrogen-bond donors (Lipinski definition) is 1. The summed E-state index contributed by atoms with van der Waals surface area (Å²) in [5.41, 5.74) is 6.59. The smallest absolute Gasteiger partial charge is 0.236 e. The van der Waals surface area contributed by atoms with E-state index in [9.17, 15) is 4.79 Å². The second-order valence-corrected chi connectivity index (χ2v) is 5.21. The molecule has 0 radical (unpaired) electrons. The second-order valence-electron chi connectivity index (χ2n) is 4.11. The van der Waals surface area contributed by atoms with Crippen LogP contribution in [0.4, 0.5) is 5.69 Å². The van der Waals surface area contributed by atoms with E-state index in [2.05, 4.69) is 0 Å². The summed E-state index contributed by atoms with van der Waals surface area (Å²) in [6.07, 6.45) is 0.951. The normalized spacial score (nSPS) is 12.2. The largest absolute Gasteiger partial charge is 0.328 e. The number of benzene rings is 1. The molecule has 2 N–H and O–H groups in total. The van der Waals surface area contributed by atoms with Crippen molar-refractivity contribution in [3.8, 4) is 0 Å². The van der Waals surface area contributed by atoms with Crippen LogP contribution in [-0.4, -0.2) is 30.5 Å². The molecule has 0 spiro atoms. The van der Waals surface area contributed by atoms with Crippen LogP contribution in [0.2, 0.25) is 0 Å². The molecule has 0 aliphatic rings. The van der Waals surface area contributed by atoms with Gasteiger partial charge in [-0.3, -0.25) is 4.79 Å². The summed E-state index contributed by atoms with van der Waals surface area (Å²) < 4.78 is 0. The number of nitrogens with zero attached hydrogens (tertiary/aromatic N) is 1. The minimum Gasteiger partial charge on any atom is -0.328 e. The standard InChI is InChI=1S/C13H20N2OS/c1-11(14)8-9-17-10-13(16)15(2)12-6-4-3-5-7-12/h3-7,11H,8-10,14H2,1-2H3. The first-order valence-electron chi connectivity index (χ1n) is 5.76. The molecule has 3 nitrogen and oxygen atoms in total. The lowest BCUT2D eigenvalue weighted by atomic mass is 10.3. The van der Waals surface area contributed by atoms with E-state index >= 15 is 0 Å². The number of para-hydroxylation sites is 1. The molecule has 0 saturated carbocycles. The molecule has 1 amide bonds. The molecule has 0 aliphatic carbocycles. The molecule has 0 aromatic heterocycles. The van der Waals surface area contributed by atoms with Crippen molar-refractivity contribution in [2.75, 3.05) is 23.5 Å². The van der Waals surface area contributed by atoms with Gasteiger partial charge in [-0.1, -0.05) is 18.2 Å². The van der Waals surface area contributed by atoms with Crippen LogP contribution in [0, 0.1) is 0 Å². The molecule has 0 heterocycles. The molecule has 4 heteroatoms. The van der Waals surface area contributed by atoms with Gasteiger partial charge < -0.3 is 10.6 Å². The van der Waals surface area contributed by atoms with Gasteiger partial charge in [0.1, 0.15) is 0 Å². The van der Waals surface area contributed by atoms with E-state index in [1.54, 1.807) is 16.7 Å². The summed E-state index contributed by atoms with van der Waals surface area (Å²) in [6.45, 7) is 1.98. The Bertz CT molecular complexity index is 341. The topological polar surface area (TPSA) is 46.3 Å². The van der Waals surface area contributed by atoms with Crippen LogP contribution in [-0.2, 0) is 4.79 Å². The lowest BCUT2D eigenvalue weighted by Crippen LogP contribution is -2.28. The maximum Gasteiger partial charge on any atom is 0.236 e. The first-order chi connectivity index (χ1) is 8.11. The molecule has 1 unspecified atom stereocenters. The van der Waals surface area contributed by atoms with Gasteiger partial charge in [0.15, 0.2) is 0 Å². The second kappa shape index (κ2) is 7.35. The van der Waals surface area contributed by atoms with Gasteiger partial charge in [0.05, 0.1) is 5.75 Å². The first kappa shape index (κ1) is 14.1. The average molecular weight is 252 g/mol. The molecule has 1 rings (SSSR count). The number of nitrogens with two attached hydrogens (primary N) is 1. The van der Waals surface area contributed by atoms with Crippen molar-refractivity contribution in [3.05, 3.63) is 30.3 Å². The Morgan fingerprint density at radius 1 is 1.41 bits per heavy atom. The van der Waals surface area contributed by atoms with Crippen molar-refractivity contribution in [1.29, 1.82) is 0 Å². The molecule has 1 aromatic carbocycles. The highest BCUT2D eigenvalue weighted by molar-refractivity contribution is 7.99. The van der Waals surface area contributed by atoms with E-state index in [4.69, 9.17) is 5.73 Å². The van der Waals surface area contributed by atoms with Gasteiger partial charge >= 0.3 is 0 Å². The van der Waals surface area contributed by atoms with E-state index in [1.807, 2.05) is 44.3 Å². The van der Waals surface area contributed by atoms with Crippen LogP contribution in [0.1, 0.15) is 13.3 Å². The molecule has 0 fully saturated rings. The van der Waals surface area contributed by atoms with Crippen LogP contribution in [0.3, 0.4) is 0 Å². The lowest BCUT2D eigenvalue weighted by molar-refractivity contribution is -0.115. The van der Waals surface area contributed by atoms with Gasteiger partial charge in [-0.05, 0) is 31.2 Å². The van der Waals surface area contributed by atoms with Crippen molar-refractivity contribution in [2.24, 2.45) is 5.73 Å². The zero-order valence-corrected chi connectivity index (χ0v) is 11.2. The van der Waals surface area contributed by atoms with Crippen LogP contribution < -0.4 is 10.6 Å². The zero-order valence-electron chi connectivity index (χ0n) is 10.4. The number of hydrogen-bond acceptors (Lipinski definition) is 3. The third-order valence-electron chi connectivity index (χ3n) is 2.46. The SMILES string of the molecule is CC(N)CCSCC(=O)N(C)c1ccccc1. The fourth-order valence-corrected chi connectivity index (χ4v) is 2.37. The van der Waals surface area contributed by atoms with Gasteiger partial charge in [-0.25, -0.2) is 0 Å². The summed E-state index contributed by atoms with van der Waals surface area (Å²) in [5, 5.41) is 0. The quantitative estimate of drug-likeness (QED) is 0.789. The molecule has 17 heavy (non-hydrogen) atoms. The molecule has 94 valence electrons.